The van der Waals surface area contributed by atoms with Gasteiger partial charge in [0, 0.05) is 16.7 Å². The number of carbonyl (C=O) groups is 1. The maximum atomic E-state index is 12.2. The highest BCUT2D eigenvalue weighted by Crippen LogP contribution is 2.37. The largest absolute Gasteiger partial charge is 0.395 e. The lowest BCUT2D eigenvalue weighted by atomic mass is 9.88. The summed E-state index contributed by atoms with van der Waals surface area (Å²) in [7, 11) is 0. The Bertz CT molecular complexity index is 518. The molecule has 0 aliphatic heterocycles. The Morgan fingerprint density at radius 2 is 2.20 bits per heavy atom. The van der Waals surface area contributed by atoms with Crippen molar-refractivity contribution in [2.24, 2.45) is 5.41 Å². The molecule has 0 aromatic carbocycles. The summed E-state index contributed by atoms with van der Waals surface area (Å²) in [6.07, 6.45) is 4.83. The third-order valence-corrected chi connectivity index (χ3v) is 4.79. The maximum absolute atomic E-state index is 12.2. The average molecular weight is 291 g/mol. The van der Waals surface area contributed by atoms with Gasteiger partial charge in [0.05, 0.1) is 18.0 Å². The second kappa shape index (κ2) is 6.92. The molecule has 1 aromatic rings. The highest BCUT2D eigenvalue weighted by atomic mass is 32.1. The van der Waals surface area contributed by atoms with Crippen molar-refractivity contribution in [2.45, 2.75) is 45.6 Å². The summed E-state index contributed by atoms with van der Waals surface area (Å²) in [5, 5.41) is 11.7. The molecule has 3 nitrogen and oxygen atoms in total. The van der Waals surface area contributed by atoms with Gasteiger partial charge < -0.3 is 10.4 Å². The highest BCUT2D eigenvalue weighted by Gasteiger charge is 2.35. The van der Waals surface area contributed by atoms with Crippen molar-refractivity contribution in [3.8, 4) is 11.8 Å². The van der Waals surface area contributed by atoms with Crippen LogP contribution in [-0.2, 0) is 11.3 Å². The van der Waals surface area contributed by atoms with Gasteiger partial charge in [-0.15, -0.1) is 11.3 Å². The van der Waals surface area contributed by atoms with Crippen LogP contribution in [0.1, 0.15) is 48.8 Å². The molecule has 1 amide bonds. The molecule has 4 heteroatoms. The second-order valence-electron chi connectivity index (χ2n) is 5.49. The number of thiophene rings is 1. The molecule has 2 N–H and O–H groups in total. The Kier molecular flexibility index (Phi) is 5.22. The zero-order chi connectivity index (χ0) is 14.4. The molecule has 1 saturated carbocycles. The first kappa shape index (κ1) is 15.1. The molecular weight excluding hydrogens is 270 g/mol. The average Bonchev–Trinajstić information content (AvgIpc) is 3.06. The van der Waals surface area contributed by atoms with Gasteiger partial charge in [0.25, 0.3) is 0 Å². The molecule has 1 fully saturated rings. The zero-order valence-corrected chi connectivity index (χ0v) is 12.7. The number of aliphatic hydroxyl groups excluding tert-OH is 1. The normalized spacial score (nSPS) is 16.5. The second-order valence-corrected chi connectivity index (χ2v) is 6.66. The minimum absolute atomic E-state index is 0.0971. The first-order valence-corrected chi connectivity index (χ1v) is 7.92. The van der Waals surface area contributed by atoms with Gasteiger partial charge >= 0.3 is 0 Å². The quantitative estimate of drug-likeness (QED) is 0.838. The molecule has 1 aromatic heterocycles. The van der Waals surface area contributed by atoms with Crippen LogP contribution in [0.4, 0.5) is 0 Å². The molecule has 0 atom stereocenters. The standard InChI is InChI=1S/C16H21NO2S/c1-16(9-3-4-10-16)15(19)17-12-14-8-7-13(20-14)6-2-5-11-18/h7-8,18H,3-5,9-12H2,1H3,(H,17,19). The van der Waals surface area contributed by atoms with E-state index in [9.17, 15) is 4.79 Å². The van der Waals surface area contributed by atoms with Crippen LogP contribution >= 0.6 is 11.3 Å². The molecule has 0 spiro atoms. The molecule has 20 heavy (non-hydrogen) atoms. The van der Waals surface area contributed by atoms with Gasteiger partial charge in [-0.1, -0.05) is 31.6 Å². The van der Waals surface area contributed by atoms with E-state index in [1.54, 1.807) is 11.3 Å². The fourth-order valence-corrected chi connectivity index (χ4v) is 3.33. The molecular formula is C16H21NO2S. The zero-order valence-electron chi connectivity index (χ0n) is 11.9. The Labute approximate surface area is 124 Å². The van der Waals surface area contributed by atoms with Gasteiger partial charge in [-0.25, -0.2) is 0 Å². The summed E-state index contributed by atoms with van der Waals surface area (Å²) in [5.74, 6) is 6.09. The van der Waals surface area contributed by atoms with Crippen molar-refractivity contribution >= 4 is 17.2 Å². The molecule has 0 saturated heterocycles. The van der Waals surface area contributed by atoms with Crippen molar-refractivity contribution in [2.75, 3.05) is 6.61 Å². The van der Waals surface area contributed by atoms with Gasteiger partial charge in [-0.05, 0) is 25.0 Å². The van der Waals surface area contributed by atoms with Crippen LogP contribution in [0.15, 0.2) is 12.1 Å². The summed E-state index contributed by atoms with van der Waals surface area (Å²) < 4.78 is 0. The Balaban J connectivity index is 1.85. The van der Waals surface area contributed by atoms with Crippen LogP contribution in [-0.4, -0.2) is 17.6 Å². The van der Waals surface area contributed by atoms with Gasteiger partial charge in [-0.3, -0.25) is 4.79 Å². The van der Waals surface area contributed by atoms with E-state index < -0.39 is 0 Å². The van der Waals surface area contributed by atoms with Crippen LogP contribution in [0.5, 0.6) is 0 Å². The molecule has 1 aliphatic carbocycles. The van der Waals surface area contributed by atoms with Crippen LogP contribution in [0.3, 0.4) is 0 Å². The first-order chi connectivity index (χ1) is 9.64. The molecule has 0 bridgehead atoms. The lowest BCUT2D eigenvalue weighted by molar-refractivity contribution is -0.130. The number of nitrogens with one attached hydrogen (secondary N) is 1. The molecule has 0 unspecified atom stereocenters. The third-order valence-electron chi connectivity index (χ3n) is 3.79. The van der Waals surface area contributed by atoms with Crippen LogP contribution in [0.2, 0.25) is 0 Å². The van der Waals surface area contributed by atoms with E-state index in [-0.39, 0.29) is 17.9 Å². The van der Waals surface area contributed by atoms with Crippen LogP contribution in [0, 0.1) is 17.3 Å². The number of carbonyl (C=O) groups excluding carboxylic acids is 1. The number of hydrogen-bond donors (Lipinski definition) is 2. The van der Waals surface area contributed by atoms with Gasteiger partial charge in [0.1, 0.15) is 0 Å². The van der Waals surface area contributed by atoms with Crippen molar-refractivity contribution < 1.29 is 9.90 Å². The lowest BCUT2D eigenvalue weighted by Crippen LogP contribution is -2.36. The topological polar surface area (TPSA) is 49.3 Å². The van der Waals surface area contributed by atoms with E-state index in [1.165, 1.54) is 0 Å². The minimum Gasteiger partial charge on any atom is -0.395 e. The predicted molar refractivity (Wildman–Crippen MR) is 81.3 cm³/mol. The number of rotatable bonds is 4. The van der Waals surface area contributed by atoms with Crippen molar-refractivity contribution in [1.82, 2.24) is 5.32 Å². The molecule has 2 rings (SSSR count). The van der Waals surface area contributed by atoms with E-state index >= 15 is 0 Å². The third kappa shape index (κ3) is 3.84. The monoisotopic (exact) mass is 291 g/mol. The fraction of sp³-hybridized carbons (Fsp3) is 0.562. The summed E-state index contributed by atoms with van der Waals surface area (Å²) in [6.45, 7) is 2.75. The van der Waals surface area contributed by atoms with E-state index in [0.717, 1.165) is 35.4 Å². The molecule has 1 aliphatic rings. The fourth-order valence-electron chi connectivity index (χ4n) is 2.51. The van der Waals surface area contributed by atoms with E-state index in [0.29, 0.717) is 13.0 Å². The highest BCUT2D eigenvalue weighted by molar-refractivity contribution is 7.12. The number of aliphatic hydroxyl groups is 1. The van der Waals surface area contributed by atoms with Crippen molar-refractivity contribution in [1.29, 1.82) is 0 Å². The van der Waals surface area contributed by atoms with Crippen molar-refractivity contribution in [3.63, 3.8) is 0 Å². The summed E-state index contributed by atoms with van der Waals surface area (Å²) in [5.41, 5.74) is -0.166. The van der Waals surface area contributed by atoms with Gasteiger partial charge in [0.2, 0.25) is 5.91 Å². The van der Waals surface area contributed by atoms with Crippen molar-refractivity contribution in [3.05, 3.63) is 21.9 Å². The molecule has 1 heterocycles. The molecule has 0 radical (unpaired) electrons. The minimum atomic E-state index is -0.166. The summed E-state index contributed by atoms with van der Waals surface area (Å²) >= 11 is 1.60. The predicted octanol–water partition coefficient (Wildman–Crippen LogP) is 2.68. The van der Waals surface area contributed by atoms with Crippen LogP contribution < -0.4 is 5.32 Å². The van der Waals surface area contributed by atoms with E-state index in [4.69, 9.17) is 5.11 Å². The van der Waals surface area contributed by atoms with E-state index in [2.05, 4.69) is 24.1 Å². The SMILES string of the molecule is CC1(C(=O)NCc2ccc(C#CCCO)s2)CCCC1. The smallest absolute Gasteiger partial charge is 0.226 e. The Hall–Kier alpha value is -1.31. The van der Waals surface area contributed by atoms with Gasteiger partial charge in [0.15, 0.2) is 0 Å². The van der Waals surface area contributed by atoms with Crippen LogP contribution in [0.25, 0.3) is 0 Å². The summed E-state index contributed by atoms with van der Waals surface area (Å²) in [6, 6.07) is 3.97. The first-order valence-electron chi connectivity index (χ1n) is 7.11. The maximum Gasteiger partial charge on any atom is 0.226 e. The lowest BCUT2D eigenvalue weighted by Gasteiger charge is -2.21. The number of amides is 1. The Morgan fingerprint density at radius 1 is 1.45 bits per heavy atom. The van der Waals surface area contributed by atoms with Gasteiger partial charge in [-0.2, -0.15) is 0 Å². The number of hydrogen-bond acceptors (Lipinski definition) is 3. The summed E-state index contributed by atoms with van der Waals surface area (Å²) in [4.78, 5) is 14.3. The van der Waals surface area contributed by atoms with E-state index in [1.807, 2.05) is 12.1 Å². The Morgan fingerprint density at radius 3 is 2.90 bits per heavy atom. The molecule has 108 valence electrons.